The number of dihydropyridines is 1. The number of nitrogens with one attached hydrogen (secondary N) is 1. The second-order valence-corrected chi connectivity index (χ2v) is 15.4. The zero-order valence-corrected chi connectivity index (χ0v) is 26.5. The Morgan fingerprint density at radius 3 is 1.66 bits per heavy atom. The minimum absolute atomic E-state index is 0.0455. The summed E-state index contributed by atoms with van der Waals surface area (Å²) in [5.74, 6) is -0.0935. The molecule has 0 saturated heterocycles. The lowest BCUT2D eigenvalue weighted by atomic mass is 9.70. The number of rotatable bonds is 5. The van der Waals surface area contributed by atoms with Crippen molar-refractivity contribution in [1.29, 1.82) is 0 Å². The summed E-state index contributed by atoms with van der Waals surface area (Å²) in [6, 6.07) is 3.97. The Kier molecular flexibility index (Phi) is 6.38. The van der Waals surface area contributed by atoms with Gasteiger partial charge in [0.2, 0.25) is 0 Å². The van der Waals surface area contributed by atoms with Crippen LogP contribution in [0.25, 0.3) is 0 Å². The molecular formula is C35H49N2O4+. The summed E-state index contributed by atoms with van der Waals surface area (Å²) in [6.07, 6.45) is 10.0. The number of hydrogen-bond donors (Lipinski definition) is 1. The number of hydrogen-bond acceptors (Lipinski definition) is 5. The summed E-state index contributed by atoms with van der Waals surface area (Å²) in [7, 11) is 1.96. The highest BCUT2D eigenvalue weighted by Crippen LogP contribution is 2.67. The molecule has 1 N–H and O–H groups in total. The summed E-state index contributed by atoms with van der Waals surface area (Å²) in [5, 5.41) is 3.38. The molecule has 0 aromatic carbocycles. The van der Waals surface area contributed by atoms with Crippen LogP contribution < -0.4 is 9.88 Å². The van der Waals surface area contributed by atoms with Crippen LogP contribution in [0.3, 0.4) is 0 Å². The van der Waals surface area contributed by atoms with Crippen molar-refractivity contribution in [2.24, 2.45) is 40.5 Å². The lowest BCUT2D eigenvalue weighted by Gasteiger charge is -2.40. The molecule has 41 heavy (non-hydrogen) atoms. The molecule has 6 atom stereocenters. The Hall–Kier alpha value is -2.63. The van der Waals surface area contributed by atoms with Crippen molar-refractivity contribution >= 4 is 11.9 Å². The third-order valence-electron chi connectivity index (χ3n) is 13.4. The molecule has 222 valence electrons. The van der Waals surface area contributed by atoms with E-state index in [0.29, 0.717) is 23.0 Å². The number of nitrogens with zero attached hydrogens (tertiary/aromatic N) is 1. The van der Waals surface area contributed by atoms with Gasteiger partial charge in [0.25, 0.3) is 0 Å². The molecule has 2 heterocycles. The number of esters is 2. The van der Waals surface area contributed by atoms with Crippen LogP contribution in [0.15, 0.2) is 47.1 Å². The number of ether oxygens (including phenoxy) is 2. The second-order valence-electron chi connectivity index (χ2n) is 15.4. The third kappa shape index (κ3) is 3.91. The molecule has 0 spiro atoms. The van der Waals surface area contributed by atoms with Crippen molar-refractivity contribution < 1.29 is 23.6 Å². The van der Waals surface area contributed by atoms with E-state index in [0.717, 1.165) is 42.6 Å². The fourth-order valence-electron chi connectivity index (χ4n) is 9.65. The molecule has 4 saturated carbocycles. The normalized spacial score (nSPS) is 38.3. The topological polar surface area (TPSA) is 68.5 Å². The molecule has 1 aromatic heterocycles. The molecule has 4 aliphatic carbocycles. The first-order chi connectivity index (χ1) is 19.1. The van der Waals surface area contributed by atoms with E-state index in [4.69, 9.17) is 9.47 Å². The highest BCUT2D eigenvalue weighted by molar-refractivity contribution is 6.00. The number of allylic oxidation sites excluding steroid dienone is 2. The first-order valence-electron chi connectivity index (χ1n) is 15.7. The fourth-order valence-corrected chi connectivity index (χ4v) is 9.65. The maximum absolute atomic E-state index is 14.2. The molecule has 0 radical (unpaired) electrons. The van der Waals surface area contributed by atoms with E-state index in [1.807, 2.05) is 50.0 Å². The number of aryl methyl sites for hydroxylation is 1. The summed E-state index contributed by atoms with van der Waals surface area (Å²) < 4.78 is 14.8. The predicted molar refractivity (Wildman–Crippen MR) is 157 cm³/mol. The van der Waals surface area contributed by atoms with E-state index in [9.17, 15) is 9.59 Å². The van der Waals surface area contributed by atoms with Gasteiger partial charge in [0.05, 0.1) is 17.1 Å². The van der Waals surface area contributed by atoms with Crippen molar-refractivity contribution in [3.63, 3.8) is 0 Å². The smallest absolute Gasteiger partial charge is 0.337 e. The average Bonchev–Trinajstić information content (AvgIpc) is 3.40. The Labute approximate surface area is 246 Å². The lowest BCUT2D eigenvalue weighted by Crippen LogP contribution is -2.41. The Morgan fingerprint density at radius 2 is 1.29 bits per heavy atom. The van der Waals surface area contributed by atoms with Crippen LogP contribution in [0, 0.1) is 33.5 Å². The highest BCUT2D eigenvalue weighted by Gasteiger charge is 2.64. The average molecular weight is 562 g/mol. The van der Waals surface area contributed by atoms with Crippen LogP contribution in [-0.4, -0.2) is 24.1 Å². The van der Waals surface area contributed by atoms with Gasteiger partial charge in [-0.2, -0.15) is 0 Å². The van der Waals surface area contributed by atoms with Crippen LogP contribution in [0.4, 0.5) is 0 Å². The monoisotopic (exact) mass is 561 g/mol. The molecule has 0 amide bonds. The van der Waals surface area contributed by atoms with Gasteiger partial charge in [-0.1, -0.05) is 41.5 Å². The van der Waals surface area contributed by atoms with E-state index < -0.39 is 5.92 Å². The van der Waals surface area contributed by atoms with Crippen LogP contribution in [0.2, 0.25) is 0 Å². The maximum Gasteiger partial charge on any atom is 0.337 e. The fraction of sp³-hybridized carbons (Fsp3) is 0.686. The van der Waals surface area contributed by atoms with Crippen molar-refractivity contribution in [3.8, 4) is 0 Å². The van der Waals surface area contributed by atoms with Gasteiger partial charge in [-0.25, -0.2) is 14.2 Å². The summed E-state index contributed by atoms with van der Waals surface area (Å²) in [4.78, 5) is 28.4. The highest BCUT2D eigenvalue weighted by atomic mass is 16.6. The van der Waals surface area contributed by atoms with Crippen LogP contribution in [0.5, 0.6) is 0 Å². The van der Waals surface area contributed by atoms with Gasteiger partial charge in [-0.3, -0.25) is 0 Å². The van der Waals surface area contributed by atoms with Gasteiger partial charge in [0.15, 0.2) is 12.4 Å². The number of carbonyl (C=O) groups is 2. The molecular weight excluding hydrogens is 512 g/mol. The lowest BCUT2D eigenvalue weighted by molar-refractivity contribution is -0.671. The molecule has 1 aromatic rings. The van der Waals surface area contributed by atoms with Crippen LogP contribution >= 0.6 is 0 Å². The quantitative estimate of drug-likeness (QED) is 0.339. The summed E-state index contributed by atoms with van der Waals surface area (Å²) in [6.45, 7) is 17.7. The van der Waals surface area contributed by atoms with Gasteiger partial charge in [-0.15, -0.1) is 0 Å². The minimum Gasteiger partial charge on any atom is -0.458 e. The number of carbonyl (C=O) groups excluding carboxylic acids is 2. The van der Waals surface area contributed by atoms with E-state index >= 15 is 0 Å². The van der Waals surface area contributed by atoms with Crippen LogP contribution in [-0.2, 0) is 26.1 Å². The Bertz CT molecular complexity index is 1290. The van der Waals surface area contributed by atoms with E-state index in [1.54, 1.807) is 0 Å². The molecule has 6 nitrogen and oxygen atoms in total. The third-order valence-corrected chi connectivity index (χ3v) is 13.4. The van der Waals surface area contributed by atoms with Gasteiger partial charge in [-0.05, 0) is 81.1 Å². The van der Waals surface area contributed by atoms with E-state index in [-0.39, 0.29) is 45.8 Å². The molecule has 4 fully saturated rings. The number of fused-ring (bicyclic) bond motifs is 4. The zero-order chi connectivity index (χ0) is 29.7. The Balaban J connectivity index is 1.34. The Morgan fingerprint density at radius 1 is 0.829 bits per heavy atom. The first kappa shape index (κ1) is 28.5. The molecule has 6 unspecified atom stereocenters. The minimum atomic E-state index is -0.567. The molecule has 1 aliphatic heterocycles. The van der Waals surface area contributed by atoms with Gasteiger partial charge in [0.1, 0.15) is 19.3 Å². The van der Waals surface area contributed by atoms with Crippen molar-refractivity contribution in [3.05, 3.63) is 52.6 Å². The van der Waals surface area contributed by atoms with E-state index in [2.05, 4.69) is 46.9 Å². The van der Waals surface area contributed by atoms with Crippen molar-refractivity contribution in [2.45, 2.75) is 112 Å². The molecule has 5 aliphatic rings. The largest absolute Gasteiger partial charge is 0.458 e. The van der Waals surface area contributed by atoms with Crippen LogP contribution in [0.1, 0.15) is 105 Å². The second kappa shape index (κ2) is 9.18. The SMILES string of the molecule is CC1=C(C(=O)OC2CC3CCC2(C)C3(C)C)C(c2ccc[n+](C)c2)C(C(=O)OC2CC3CCC2(C)C3(C)C)=C(C)N1. The standard InChI is InChI=1S/C35H48N2O4/c1-20-27(30(38)40-25-17-23-12-14-34(25,7)32(23,3)4)29(22-11-10-16-37(9)19-22)28(21(2)36-20)31(39)41-26-18-24-13-15-35(26,8)33(24,5)6/h10-11,16,19,23-26,29H,12-15,17-18H2,1-9H3/p+1. The molecule has 4 bridgehead atoms. The van der Waals surface area contributed by atoms with Gasteiger partial charge < -0.3 is 14.8 Å². The summed E-state index contributed by atoms with van der Waals surface area (Å²) >= 11 is 0. The van der Waals surface area contributed by atoms with Crippen molar-refractivity contribution in [2.75, 3.05) is 0 Å². The number of aromatic nitrogens is 1. The molecule has 6 heteroatoms. The van der Waals surface area contributed by atoms with Gasteiger partial charge >= 0.3 is 11.9 Å². The number of pyridine rings is 1. The zero-order valence-electron chi connectivity index (χ0n) is 26.5. The van der Waals surface area contributed by atoms with Gasteiger partial charge in [0, 0.05) is 33.9 Å². The summed E-state index contributed by atoms with van der Waals surface area (Å²) in [5.41, 5.74) is 3.56. The first-order valence-corrected chi connectivity index (χ1v) is 15.7. The van der Waals surface area contributed by atoms with Crippen molar-refractivity contribution in [1.82, 2.24) is 5.32 Å². The van der Waals surface area contributed by atoms with E-state index in [1.165, 1.54) is 12.8 Å². The predicted octanol–water partition coefficient (Wildman–Crippen LogP) is 6.26. The molecule has 6 rings (SSSR count). The maximum atomic E-state index is 14.2.